The fourth-order valence-corrected chi connectivity index (χ4v) is 4.51. The molecular weight excluding hydrogens is 370 g/mol. The predicted octanol–water partition coefficient (Wildman–Crippen LogP) is 2.34. The van der Waals surface area contributed by atoms with Gasteiger partial charge in [-0.15, -0.1) is 11.3 Å². The Kier molecular flexibility index (Phi) is 5.76. The van der Waals surface area contributed by atoms with Crippen molar-refractivity contribution in [3.05, 3.63) is 62.4 Å². The molecule has 1 amide bonds. The minimum atomic E-state index is -0.761. The Balaban J connectivity index is 2.41. The highest BCUT2D eigenvalue weighted by Gasteiger charge is 2.17. The lowest BCUT2D eigenvalue weighted by molar-refractivity contribution is -0.112. The van der Waals surface area contributed by atoms with Crippen LogP contribution in [0.1, 0.15) is 41.9 Å². The highest BCUT2D eigenvalue weighted by Crippen LogP contribution is 2.17. The first-order valence-electron chi connectivity index (χ1n) is 9.19. The molecule has 0 atom stereocenters. The number of rotatable bonds is 6. The number of thiazole rings is 1. The number of primary amides is 1. The van der Waals surface area contributed by atoms with Gasteiger partial charge in [-0.2, -0.15) is 5.26 Å². The Morgan fingerprint density at radius 3 is 2.54 bits per heavy atom. The van der Waals surface area contributed by atoms with Gasteiger partial charge in [-0.05, 0) is 24.5 Å². The molecular formula is C22H21N3O2S. The molecule has 2 aromatic heterocycles. The maximum atomic E-state index is 12.8. The van der Waals surface area contributed by atoms with E-state index in [1.54, 1.807) is 18.2 Å². The number of ketones is 1. The minimum Gasteiger partial charge on any atom is -0.365 e. The molecule has 0 unspecified atom stereocenters. The van der Waals surface area contributed by atoms with Crippen LogP contribution in [0.3, 0.4) is 0 Å². The molecule has 0 aliphatic heterocycles. The molecule has 0 aliphatic carbocycles. The van der Waals surface area contributed by atoms with Crippen molar-refractivity contribution in [2.24, 2.45) is 5.73 Å². The van der Waals surface area contributed by atoms with Crippen LogP contribution in [-0.2, 0) is 17.6 Å². The minimum absolute atomic E-state index is 0.0787. The third-order valence-electron chi connectivity index (χ3n) is 4.62. The number of aryl methyl sites for hydroxylation is 2. The predicted molar refractivity (Wildman–Crippen MR) is 111 cm³/mol. The molecule has 3 rings (SSSR count). The summed E-state index contributed by atoms with van der Waals surface area (Å²) in [5.41, 5.74) is 8.95. The standard InChI is InChI=1S/C22H21N3O2S/c1-3-8-17-14(4-2)11-18-21(16(13-23)22(24)27)28-20(25(17)18)12-19(26)15-9-6-5-7-10-15/h5-7,9-12H,3-4,8H2,1-2H3,(H2,24,27). The molecule has 28 heavy (non-hydrogen) atoms. The summed E-state index contributed by atoms with van der Waals surface area (Å²) in [5, 5.41) is 9.45. The van der Waals surface area contributed by atoms with Crippen molar-refractivity contribution >= 4 is 40.2 Å². The molecule has 6 heteroatoms. The number of aromatic nitrogens is 1. The third-order valence-corrected chi connectivity index (χ3v) is 5.74. The van der Waals surface area contributed by atoms with Gasteiger partial charge in [0.15, 0.2) is 5.78 Å². The summed E-state index contributed by atoms with van der Waals surface area (Å²) in [5.74, 6) is -0.884. The number of nitrogens with two attached hydrogens (primary N) is 1. The first-order chi connectivity index (χ1) is 13.5. The van der Waals surface area contributed by atoms with E-state index in [-0.39, 0.29) is 11.4 Å². The van der Waals surface area contributed by atoms with E-state index in [0.717, 1.165) is 36.0 Å². The second-order valence-corrected chi connectivity index (χ2v) is 7.47. The zero-order valence-electron chi connectivity index (χ0n) is 15.9. The zero-order chi connectivity index (χ0) is 20.3. The Labute approximate surface area is 167 Å². The van der Waals surface area contributed by atoms with E-state index < -0.39 is 5.91 Å². The number of nitrogens with zero attached hydrogens (tertiary/aromatic N) is 2. The highest BCUT2D eigenvalue weighted by atomic mass is 32.1. The van der Waals surface area contributed by atoms with Gasteiger partial charge < -0.3 is 10.1 Å². The van der Waals surface area contributed by atoms with Crippen molar-refractivity contribution in [1.82, 2.24) is 4.40 Å². The molecule has 3 aromatic rings. The Morgan fingerprint density at radius 2 is 1.96 bits per heavy atom. The average Bonchev–Trinajstić information content (AvgIpc) is 3.21. The van der Waals surface area contributed by atoms with Crippen LogP contribution < -0.4 is 14.9 Å². The van der Waals surface area contributed by atoms with Crippen molar-refractivity contribution in [2.75, 3.05) is 0 Å². The SMILES string of the molecule is CCCc1c(CC)cc2c(=C(C#N)C(N)=O)sc(=CC(=O)c3ccccc3)n12. The van der Waals surface area contributed by atoms with Crippen LogP contribution >= 0.6 is 11.3 Å². The molecule has 0 bridgehead atoms. The van der Waals surface area contributed by atoms with Crippen LogP contribution in [0.5, 0.6) is 0 Å². The smallest absolute Gasteiger partial charge is 0.260 e. The normalized spacial score (nSPS) is 12.8. The molecule has 142 valence electrons. The lowest BCUT2D eigenvalue weighted by Gasteiger charge is -2.02. The molecule has 0 fully saturated rings. The fourth-order valence-electron chi connectivity index (χ4n) is 3.33. The number of fused-ring (bicyclic) bond motifs is 1. The van der Waals surface area contributed by atoms with Gasteiger partial charge in [-0.25, -0.2) is 0 Å². The summed E-state index contributed by atoms with van der Waals surface area (Å²) in [6.45, 7) is 4.17. The number of carbonyl (C=O) groups excluding carboxylic acids is 2. The lowest BCUT2D eigenvalue weighted by Crippen LogP contribution is -2.18. The van der Waals surface area contributed by atoms with Gasteiger partial charge in [0.25, 0.3) is 5.91 Å². The van der Waals surface area contributed by atoms with E-state index in [0.29, 0.717) is 14.8 Å². The van der Waals surface area contributed by atoms with Gasteiger partial charge in [-0.3, -0.25) is 9.59 Å². The second-order valence-electron chi connectivity index (χ2n) is 6.44. The molecule has 2 heterocycles. The van der Waals surface area contributed by atoms with Crippen molar-refractivity contribution in [2.45, 2.75) is 33.1 Å². The van der Waals surface area contributed by atoms with Crippen LogP contribution in [-0.4, -0.2) is 16.1 Å². The van der Waals surface area contributed by atoms with Gasteiger partial charge in [0, 0.05) is 17.3 Å². The van der Waals surface area contributed by atoms with E-state index in [9.17, 15) is 14.9 Å². The van der Waals surface area contributed by atoms with E-state index in [1.807, 2.05) is 34.7 Å². The van der Waals surface area contributed by atoms with Crippen LogP contribution in [0, 0.1) is 11.3 Å². The first kappa shape index (κ1) is 19.6. The first-order valence-corrected chi connectivity index (χ1v) is 10.0. The molecule has 0 spiro atoms. The molecule has 1 aromatic carbocycles. The number of nitriles is 1. The number of hydrogen-bond acceptors (Lipinski definition) is 4. The summed E-state index contributed by atoms with van der Waals surface area (Å²) >= 11 is 1.25. The number of hydrogen-bond donors (Lipinski definition) is 1. The second kappa shape index (κ2) is 8.24. The Bertz CT molecular complexity index is 1210. The third kappa shape index (κ3) is 3.49. The van der Waals surface area contributed by atoms with Crippen molar-refractivity contribution in [1.29, 1.82) is 5.26 Å². The fraction of sp³-hybridized carbons (Fsp3) is 0.227. The summed E-state index contributed by atoms with van der Waals surface area (Å²) < 4.78 is 3.21. The van der Waals surface area contributed by atoms with Gasteiger partial charge >= 0.3 is 0 Å². The molecule has 2 N–H and O–H groups in total. The highest BCUT2D eigenvalue weighted by molar-refractivity contribution is 7.08. The van der Waals surface area contributed by atoms with Crippen molar-refractivity contribution in [3.8, 4) is 6.07 Å². The monoisotopic (exact) mass is 391 g/mol. The molecule has 0 saturated carbocycles. The van der Waals surface area contributed by atoms with Gasteiger partial charge in [0.1, 0.15) is 16.3 Å². The summed E-state index contributed by atoms with van der Waals surface area (Å²) in [6, 6.07) is 13.0. The van der Waals surface area contributed by atoms with E-state index >= 15 is 0 Å². The number of amides is 1. The van der Waals surface area contributed by atoms with Crippen molar-refractivity contribution in [3.63, 3.8) is 0 Å². The lowest BCUT2D eigenvalue weighted by atomic mass is 10.1. The molecule has 0 radical (unpaired) electrons. The maximum absolute atomic E-state index is 12.8. The molecule has 0 saturated heterocycles. The Hall–Kier alpha value is -3.17. The van der Waals surface area contributed by atoms with E-state index in [2.05, 4.69) is 13.8 Å². The average molecular weight is 391 g/mol. The summed E-state index contributed by atoms with van der Waals surface area (Å²) in [4.78, 5) is 24.6. The van der Waals surface area contributed by atoms with Gasteiger partial charge in [0.05, 0.1) is 10.0 Å². The summed E-state index contributed by atoms with van der Waals surface area (Å²) in [6.07, 6.45) is 4.18. The zero-order valence-corrected chi connectivity index (χ0v) is 16.7. The van der Waals surface area contributed by atoms with Crippen molar-refractivity contribution < 1.29 is 9.59 Å². The van der Waals surface area contributed by atoms with E-state index in [4.69, 9.17) is 5.73 Å². The van der Waals surface area contributed by atoms with Crippen LogP contribution in [0.15, 0.2) is 36.4 Å². The number of benzene rings is 1. The number of Topliss-reactive ketones (excluding diaryl/α,β-unsaturated/α-hetero) is 1. The van der Waals surface area contributed by atoms with Gasteiger partial charge in [-0.1, -0.05) is 50.6 Å². The molecule has 0 aliphatic rings. The molecule has 5 nitrogen and oxygen atoms in total. The topological polar surface area (TPSA) is 88.4 Å². The van der Waals surface area contributed by atoms with Crippen LogP contribution in [0.4, 0.5) is 0 Å². The Morgan fingerprint density at radius 1 is 1.25 bits per heavy atom. The summed E-state index contributed by atoms with van der Waals surface area (Å²) in [7, 11) is 0. The van der Waals surface area contributed by atoms with E-state index in [1.165, 1.54) is 11.3 Å². The van der Waals surface area contributed by atoms with Gasteiger partial charge in [0.2, 0.25) is 0 Å². The van der Waals surface area contributed by atoms with Crippen LogP contribution in [0.2, 0.25) is 0 Å². The number of carbonyl (C=O) groups is 2. The van der Waals surface area contributed by atoms with Crippen LogP contribution in [0.25, 0.3) is 17.2 Å². The quantitative estimate of drug-likeness (QED) is 0.654. The largest absolute Gasteiger partial charge is 0.365 e. The maximum Gasteiger partial charge on any atom is 0.260 e.